The highest BCUT2D eigenvalue weighted by Gasteiger charge is 2.19. The summed E-state index contributed by atoms with van der Waals surface area (Å²) in [5.41, 5.74) is 3.32. The number of furan rings is 1. The minimum Gasteiger partial charge on any atom is -0.465 e. The van der Waals surface area contributed by atoms with Crippen LogP contribution < -0.4 is 0 Å². The summed E-state index contributed by atoms with van der Waals surface area (Å²) in [6.45, 7) is 4.80. The number of hydrogen-bond acceptors (Lipinski definition) is 5. The molecule has 0 atom stereocenters. The molecule has 0 saturated carbocycles. The zero-order chi connectivity index (χ0) is 16.4. The summed E-state index contributed by atoms with van der Waals surface area (Å²) in [4.78, 5) is 15.8. The van der Waals surface area contributed by atoms with Crippen LogP contribution in [-0.4, -0.2) is 26.4 Å². The van der Waals surface area contributed by atoms with Crippen LogP contribution in [0.4, 0.5) is 0 Å². The molecule has 4 heterocycles. The van der Waals surface area contributed by atoms with E-state index in [4.69, 9.17) is 9.40 Å². The van der Waals surface area contributed by atoms with Gasteiger partial charge in [0, 0.05) is 55.6 Å². The Bertz CT molecular complexity index is 828. The molecule has 0 N–H and O–H groups in total. The lowest BCUT2D eigenvalue weighted by molar-refractivity contribution is 0.221. The Kier molecular flexibility index (Phi) is 4.09. The second-order valence-corrected chi connectivity index (χ2v) is 6.09. The van der Waals surface area contributed by atoms with Gasteiger partial charge in [-0.1, -0.05) is 6.92 Å². The summed E-state index contributed by atoms with van der Waals surface area (Å²) in [6, 6.07) is 8.05. The molecule has 5 nitrogen and oxygen atoms in total. The van der Waals surface area contributed by atoms with Crippen molar-refractivity contribution in [3.63, 3.8) is 0 Å². The van der Waals surface area contributed by atoms with Crippen molar-refractivity contribution in [3.8, 4) is 11.4 Å². The van der Waals surface area contributed by atoms with E-state index >= 15 is 0 Å². The molecule has 0 bridgehead atoms. The topological polar surface area (TPSA) is 55.1 Å². The van der Waals surface area contributed by atoms with Crippen molar-refractivity contribution < 1.29 is 4.42 Å². The minimum atomic E-state index is 0.758. The van der Waals surface area contributed by atoms with E-state index in [1.807, 2.05) is 18.3 Å². The first-order valence-corrected chi connectivity index (χ1v) is 8.37. The number of rotatable bonds is 4. The molecule has 0 fully saturated rings. The zero-order valence-corrected chi connectivity index (χ0v) is 13.8. The molecule has 0 saturated heterocycles. The van der Waals surface area contributed by atoms with Gasteiger partial charge in [-0.2, -0.15) is 0 Å². The molecular formula is C19H20N4O. The van der Waals surface area contributed by atoms with Crippen molar-refractivity contribution in [2.45, 2.75) is 32.9 Å². The lowest BCUT2D eigenvalue weighted by Crippen LogP contribution is -2.30. The molecule has 4 rings (SSSR count). The van der Waals surface area contributed by atoms with Gasteiger partial charge in [-0.15, -0.1) is 0 Å². The predicted octanol–water partition coefficient (Wildman–Crippen LogP) is 3.25. The van der Waals surface area contributed by atoms with E-state index in [1.165, 1.54) is 5.56 Å². The number of aromatic nitrogens is 3. The lowest BCUT2D eigenvalue weighted by Gasteiger charge is -2.27. The maximum absolute atomic E-state index is 5.82. The second-order valence-electron chi connectivity index (χ2n) is 6.09. The molecule has 1 aliphatic rings. The van der Waals surface area contributed by atoms with Crippen LogP contribution in [0.1, 0.15) is 29.7 Å². The normalized spacial score (nSPS) is 14.5. The third-order valence-corrected chi connectivity index (χ3v) is 4.38. The summed E-state index contributed by atoms with van der Waals surface area (Å²) < 4.78 is 5.82. The molecule has 122 valence electrons. The first kappa shape index (κ1) is 15.0. The lowest BCUT2D eigenvalue weighted by atomic mass is 10.1. The van der Waals surface area contributed by atoms with Gasteiger partial charge in [0.05, 0.1) is 12.2 Å². The van der Waals surface area contributed by atoms with Crippen LogP contribution in [0, 0.1) is 0 Å². The van der Waals surface area contributed by atoms with E-state index in [2.05, 4.69) is 33.9 Å². The van der Waals surface area contributed by atoms with Crippen molar-refractivity contribution in [2.24, 2.45) is 0 Å². The first-order chi connectivity index (χ1) is 11.8. The Morgan fingerprint density at radius 3 is 2.88 bits per heavy atom. The molecular weight excluding hydrogens is 300 g/mol. The molecule has 3 aromatic rings. The molecule has 3 aromatic heterocycles. The number of nitrogens with zero attached hydrogens (tertiary/aromatic N) is 4. The van der Waals surface area contributed by atoms with E-state index in [-0.39, 0.29) is 0 Å². The number of pyridine rings is 1. The summed E-state index contributed by atoms with van der Waals surface area (Å²) in [5.74, 6) is 2.84. The largest absolute Gasteiger partial charge is 0.465 e. The Hall–Kier alpha value is -2.53. The molecule has 0 amide bonds. The second kappa shape index (κ2) is 6.53. The van der Waals surface area contributed by atoms with Crippen molar-refractivity contribution in [3.05, 3.63) is 65.6 Å². The summed E-state index contributed by atoms with van der Waals surface area (Å²) in [7, 11) is 0. The number of hydrogen-bond donors (Lipinski definition) is 0. The summed E-state index contributed by atoms with van der Waals surface area (Å²) in [5, 5.41) is 0. The Labute approximate surface area is 141 Å². The standard InChI is InChI=1S/C19H20N4O/c1-2-16-5-6-17(24-16)13-23-9-7-18-15(12-23)11-21-19(22-18)14-4-3-8-20-10-14/h3-6,8,10-11H,2,7,9,12-13H2,1H3. The van der Waals surface area contributed by atoms with Crippen LogP contribution in [-0.2, 0) is 25.9 Å². The van der Waals surface area contributed by atoms with Gasteiger partial charge < -0.3 is 4.42 Å². The van der Waals surface area contributed by atoms with Crippen LogP contribution in [0.2, 0.25) is 0 Å². The van der Waals surface area contributed by atoms with E-state index in [0.29, 0.717) is 0 Å². The average molecular weight is 320 g/mol. The average Bonchev–Trinajstić information content (AvgIpc) is 3.09. The summed E-state index contributed by atoms with van der Waals surface area (Å²) >= 11 is 0. The third kappa shape index (κ3) is 3.08. The maximum atomic E-state index is 5.82. The maximum Gasteiger partial charge on any atom is 0.160 e. The predicted molar refractivity (Wildman–Crippen MR) is 91.2 cm³/mol. The number of aryl methyl sites for hydroxylation is 1. The van der Waals surface area contributed by atoms with Gasteiger partial charge in [-0.3, -0.25) is 9.88 Å². The third-order valence-electron chi connectivity index (χ3n) is 4.38. The van der Waals surface area contributed by atoms with Crippen molar-refractivity contribution >= 4 is 0 Å². The van der Waals surface area contributed by atoms with Gasteiger partial charge in [0.15, 0.2) is 5.82 Å². The molecule has 0 spiro atoms. The zero-order valence-electron chi connectivity index (χ0n) is 13.8. The van der Waals surface area contributed by atoms with Crippen molar-refractivity contribution in [2.75, 3.05) is 6.54 Å². The van der Waals surface area contributed by atoms with Gasteiger partial charge >= 0.3 is 0 Å². The monoisotopic (exact) mass is 320 g/mol. The highest BCUT2D eigenvalue weighted by molar-refractivity contribution is 5.53. The van der Waals surface area contributed by atoms with Gasteiger partial charge in [0.2, 0.25) is 0 Å². The van der Waals surface area contributed by atoms with Gasteiger partial charge in [0.1, 0.15) is 11.5 Å². The molecule has 24 heavy (non-hydrogen) atoms. The molecule has 0 aliphatic carbocycles. The fourth-order valence-corrected chi connectivity index (χ4v) is 3.06. The van der Waals surface area contributed by atoms with Crippen molar-refractivity contribution in [1.29, 1.82) is 0 Å². The molecule has 0 aromatic carbocycles. The van der Waals surface area contributed by atoms with Gasteiger partial charge in [0.25, 0.3) is 0 Å². The Balaban J connectivity index is 1.49. The van der Waals surface area contributed by atoms with Gasteiger partial charge in [-0.25, -0.2) is 9.97 Å². The highest BCUT2D eigenvalue weighted by atomic mass is 16.3. The van der Waals surface area contributed by atoms with Crippen LogP contribution in [0.25, 0.3) is 11.4 Å². The molecule has 0 unspecified atom stereocenters. The van der Waals surface area contributed by atoms with Crippen molar-refractivity contribution in [1.82, 2.24) is 19.9 Å². The van der Waals surface area contributed by atoms with Crippen LogP contribution in [0.15, 0.2) is 47.3 Å². The first-order valence-electron chi connectivity index (χ1n) is 8.37. The van der Waals surface area contributed by atoms with Crippen LogP contribution in [0.5, 0.6) is 0 Å². The Morgan fingerprint density at radius 2 is 2.08 bits per heavy atom. The highest BCUT2D eigenvalue weighted by Crippen LogP contribution is 2.22. The Morgan fingerprint density at radius 1 is 1.17 bits per heavy atom. The van der Waals surface area contributed by atoms with E-state index < -0.39 is 0 Å². The molecule has 5 heteroatoms. The quantitative estimate of drug-likeness (QED) is 0.738. The fraction of sp³-hybridized carbons (Fsp3) is 0.316. The fourth-order valence-electron chi connectivity index (χ4n) is 3.06. The van der Waals surface area contributed by atoms with Crippen LogP contribution >= 0.6 is 0 Å². The molecule has 0 radical (unpaired) electrons. The van der Waals surface area contributed by atoms with E-state index in [0.717, 1.165) is 61.1 Å². The summed E-state index contributed by atoms with van der Waals surface area (Å²) in [6.07, 6.45) is 7.40. The van der Waals surface area contributed by atoms with E-state index in [1.54, 1.807) is 12.4 Å². The minimum absolute atomic E-state index is 0.758. The molecule has 1 aliphatic heterocycles. The van der Waals surface area contributed by atoms with E-state index in [9.17, 15) is 0 Å². The van der Waals surface area contributed by atoms with Crippen LogP contribution in [0.3, 0.4) is 0 Å². The smallest absolute Gasteiger partial charge is 0.160 e. The SMILES string of the molecule is CCc1ccc(CN2CCc3nc(-c4cccnc4)ncc3C2)o1. The van der Waals surface area contributed by atoms with Gasteiger partial charge in [-0.05, 0) is 24.3 Å². The number of fused-ring (bicyclic) bond motifs is 1.